The van der Waals surface area contributed by atoms with Gasteiger partial charge in [0.05, 0.1) is 14.2 Å². The molecular weight excluding hydrogens is 348 g/mol. The van der Waals surface area contributed by atoms with Crippen LogP contribution in [0.3, 0.4) is 0 Å². The highest BCUT2D eigenvalue weighted by atomic mass is 16.5. The second-order valence-electron chi connectivity index (χ2n) is 3.90. The second-order valence-corrected chi connectivity index (χ2v) is 3.90. The first kappa shape index (κ1) is 40.0. The number of rotatable bonds is 2. The van der Waals surface area contributed by atoms with Gasteiger partial charge in [0.2, 0.25) is 0 Å². The van der Waals surface area contributed by atoms with Gasteiger partial charge in [0.25, 0.3) is 0 Å². The average Bonchev–Trinajstić information content (AvgIpc) is 2.65. The number of hydrogen-bond acceptors (Lipinski definition) is 4. The third kappa shape index (κ3) is 19.4. The van der Waals surface area contributed by atoms with Crippen LogP contribution in [0.15, 0.2) is 85.5 Å². The van der Waals surface area contributed by atoms with E-state index < -0.39 is 0 Å². The van der Waals surface area contributed by atoms with E-state index in [9.17, 15) is 0 Å². The van der Waals surface area contributed by atoms with Crippen LogP contribution in [0, 0.1) is 0 Å². The molecule has 3 aromatic rings. The van der Waals surface area contributed by atoms with Gasteiger partial charge in [-0.2, -0.15) is 0 Å². The Morgan fingerprint density at radius 1 is 0.464 bits per heavy atom. The Morgan fingerprint density at radius 2 is 0.750 bits per heavy atom. The summed E-state index contributed by atoms with van der Waals surface area (Å²) in [6.07, 6.45) is 7.00. The van der Waals surface area contributed by atoms with Crippen LogP contribution in [-0.2, 0) is 0 Å². The van der Waals surface area contributed by atoms with E-state index in [1.54, 1.807) is 39.0 Å². The van der Waals surface area contributed by atoms with Crippen molar-refractivity contribution < 1.29 is 9.47 Å². The standard InChI is InChI=1S/C8H10O2.2C5H5N.6CH4/c1-9-7-5-3-4-6-8(7)10-2;2*1-2-4-6-5-3-1;;;;;;/h3-6H,1-2H3;2*1-5H;6*1H4. The van der Waals surface area contributed by atoms with E-state index in [-0.39, 0.29) is 44.6 Å². The van der Waals surface area contributed by atoms with Crippen molar-refractivity contribution in [3.8, 4) is 11.5 Å². The first-order valence-electron chi connectivity index (χ1n) is 6.75. The Labute approximate surface area is 175 Å². The summed E-state index contributed by atoms with van der Waals surface area (Å²) >= 11 is 0. The third-order valence-corrected chi connectivity index (χ3v) is 2.42. The lowest BCUT2D eigenvalue weighted by Crippen LogP contribution is -1.88. The summed E-state index contributed by atoms with van der Waals surface area (Å²) in [4.78, 5) is 7.57. The van der Waals surface area contributed by atoms with Crippen molar-refractivity contribution in [1.82, 2.24) is 9.97 Å². The van der Waals surface area contributed by atoms with Crippen molar-refractivity contribution in [3.63, 3.8) is 0 Å². The Kier molecular flexibility index (Phi) is 41.3. The number of para-hydroxylation sites is 2. The average molecular weight is 393 g/mol. The van der Waals surface area contributed by atoms with Gasteiger partial charge in [-0.15, -0.1) is 0 Å². The summed E-state index contributed by atoms with van der Waals surface area (Å²) in [5, 5.41) is 0. The molecule has 0 fully saturated rings. The lowest BCUT2D eigenvalue weighted by atomic mass is 10.3. The quantitative estimate of drug-likeness (QED) is 0.448. The van der Waals surface area contributed by atoms with Crippen LogP contribution in [0.4, 0.5) is 0 Å². The number of pyridine rings is 2. The minimum Gasteiger partial charge on any atom is -0.493 e. The van der Waals surface area contributed by atoms with Crippen molar-refractivity contribution in [1.29, 1.82) is 0 Å². The van der Waals surface area contributed by atoms with E-state index in [1.807, 2.05) is 60.7 Å². The molecule has 3 rings (SSSR count). The Hall–Kier alpha value is -2.88. The van der Waals surface area contributed by atoms with Gasteiger partial charge in [-0.25, -0.2) is 0 Å². The number of ether oxygens (including phenoxy) is 2. The highest BCUT2D eigenvalue weighted by Gasteiger charge is 1.97. The second kappa shape index (κ2) is 28.9. The van der Waals surface area contributed by atoms with Crippen LogP contribution >= 0.6 is 0 Å². The molecule has 162 valence electrons. The maximum Gasteiger partial charge on any atom is 0.160 e. The molecular formula is C24H44N2O2. The molecule has 0 N–H and O–H groups in total. The highest BCUT2D eigenvalue weighted by Crippen LogP contribution is 2.24. The molecule has 0 spiro atoms. The monoisotopic (exact) mass is 392 g/mol. The zero-order valence-corrected chi connectivity index (χ0v) is 12.8. The van der Waals surface area contributed by atoms with Gasteiger partial charge >= 0.3 is 0 Å². The topological polar surface area (TPSA) is 44.2 Å². The van der Waals surface area contributed by atoms with Gasteiger partial charge in [-0.05, 0) is 36.4 Å². The van der Waals surface area contributed by atoms with Crippen molar-refractivity contribution in [3.05, 3.63) is 85.5 Å². The summed E-state index contributed by atoms with van der Waals surface area (Å²) in [6.45, 7) is 0. The number of nitrogens with zero attached hydrogens (tertiary/aromatic N) is 2. The molecule has 0 aliphatic carbocycles. The van der Waals surface area contributed by atoms with Crippen LogP contribution in [-0.4, -0.2) is 24.2 Å². The molecule has 28 heavy (non-hydrogen) atoms. The molecule has 2 aromatic heterocycles. The number of aromatic nitrogens is 2. The molecule has 0 bridgehead atoms. The first-order valence-corrected chi connectivity index (χ1v) is 6.75. The molecule has 0 atom stereocenters. The fourth-order valence-electron chi connectivity index (χ4n) is 1.41. The number of hydrogen-bond donors (Lipinski definition) is 0. The molecule has 0 aliphatic rings. The maximum atomic E-state index is 5.01. The van der Waals surface area contributed by atoms with Gasteiger partial charge in [0.1, 0.15) is 0 Å². The zero-order valence-electron chi connectivity index (χ0n) is 12.8. The van der Waals surface area contributed by atoms with E-state index in [4.69, 9.17) is 9.47 Å². The minimum absolute atomic E-state index is 0. The fraction of sp³-hybridized carbons (Fsp3) is 0.333. The van der Waals surface area contributed by atoms with Gasteiger partial charge in [-0.1, -0.05) is 68.8 Å². The molecule has 4 heteroatoms. The number of benzene rings is 1. The van der Waals surface area contributed by atoms with E-state index in [2.05, 4.69) is 9.97 Å². The van der Waals surface area contributed by atoms with Gasteiger partial charge in [-0.3, -0.25) is 9.97 Å². The number of methoxy groups -OCH3 is 2. The summed E-state index contributed by atoms with van der Waals surface area (Å²) in [5.41, 5.74) is 0. The Balaban J connectivity index is -0.0000000606. The van der Waals surface area contributed by atoms with E-state index in [1.165, 1.54) is 0 Å². The summed E-state index contributed by atoms with van der Waals surface area (Å²) in [6, 6.07) is 19.0. The molecule has 0 radical (unpaired) electrons. The van der Waals surface area contributed by atoms with Gasteiger partial charge in [0, 0.05) is 24.8 Å². The molecule has 1 aromatic carbocycles. The normalized spacial score (nSPS) is 6.64. The predicted molar refractivity (Wildman–Crippen MR) is 128 cm³/mol. The van der Waals surface area contributed by atoms with Crippen LogP contribution < -0.4 is 9.47 Å². The third-order valence-electron chi connectivity index (χ3n) is 2.42. The van der Waals surface area contributed by atoms with E-state index in [0.717, 1.165) is 11.5 Å². The Morgan fingerprint density at radius 3 is 0.893 bits per heavy atom. The van der Waals surface area contributed by atoms with Crippen LogP contribution in [0.2, 0.25) is 0 Å². The molecule has 0 saturated carbocycles. The van der Waals surface area contributed by atoms with E-state index >= 15 is 0 Å². The van der Waals surface area contributed by atoms with E-state index in [0.29, 0.717) is 0 Å². The lowest BCUT2D eigenvalue weighted by molar-refractivity contribution is 0.355. The van der Waals surface area contributed by atoms with Crippen molar-refractivity contribution in [2.45, 2.75) is 44.6 Å². The highest BCUT2D eigenvalue weighted by molar-refractivity contribution is 5.39. The first-order chi connectivity index (χ1) is 10.9. The minimum atomic E-state index is 0. The lowest BCUT2D eigenvalue weighted by Gasteiger charge is -2.04. The smallest absolute Gasteiger partial charge is 0.160 e. The molecule has 0 unspecified atom stereocenters. The largest absolute Gasteiger partial charge is 0.493 e. The molecule has 0 amide bonds. The summed E-state index contributed by atoms with van der Waals surface area (Å²) < 4.78 is 10.0. The van der Waals surface area contributed by atoms with Crippen molar-refractivity contribution in [2.75, 3.05) is 14.2 Å². The zero-order chi connectivity index (χ0) is 15.9. The van der Waals surface area contributed by atoms with Gasteiger partial charge < -0.3 is 9.47 Å². The predicted octanol–water partition coefficient (Wildman–Crippen LogP) is 7.68. The Bertz CT molecular complexity index is 483. The summed E-state index contributed by atoms with van der Waals surface area (Å²) in [5.74, 6) is 1.54. The molecule has 0 saturated heterocycles. The van der Waals surface area contributed by atoms with Crippen LogP contribution in [0.1, 0.15) is 44.6 Å². The van der Waals surface area contributed by atoms with Crippen molar-refractivity contribution in [2.24, 2.45) is 0 Å². The molecule has 2 heterocycles. The molecule has 0 aliphatic heterocycles. The van der Waals surface area contributed by atoms with Gasteiger partial charge in [0.15, 0.2) is 11.5 Å². The molecule has 4 nitrogen and oxygen atoms in total. The fourth-order valence-corrected chi connectivity index (χ4v) is 1.41. The summed E-state index contributed by atoms with van der Waals surface area (Å²) in [7, 11) is 3.25. The SMILES string of the molecule is C.C.C.C.C.C.COc1ccccc1OC.c1ccncc1.c1ccncc1. The van der Waals surface area contributed by atoms with Crippen LogP contribution in [0.25, 0.3) is 0 Å². The van der Waals surface area contributed by atoms with Crippen molar-refractivity contribution >= 4 is 0 Å². The maximum absolute atomic E-state index is 5.01. The van der Waals surface area contributed by atoms with Crippen LogP contribution in [0.5, 0.6) is 11.5 Å².